The maximum absolute atomic E-state index is 12.0. The van der Waals surface area contributed by atoms with Crippen LogP contribution in [0.15, 0.2) is 48.5 Å². The van der Waals surface area contributed by atoms with Gasteiger partial charge < -0.3 is 14.8 Å². The van der Waals surface area contributed by atoms with Crippen LogP contribution in [-0.4, -0.2) is 23.3 Å². The van der Waals surface area contributed by atoms with E-state index < -0.39 is 0 Å². The van der Waals surface area contributed by atoms with Crippen LogP contribution in [0.5, 0.6) is 11.5 Å². The van der Waals surface area contributed by atoms with Crippen molar-refractivity contribution in [2.45, 2.75) is 20.0 Å². The zero-order valence-electron chi connectivity index (χ0n) is 15.1. The van der Waals surface area contributed by atoms with Crippen molar-refractivity contribution in [1.82, 2.24) is 10.2 Å². The standard InChI is InChI=1S/C19H20N4O3S/c1-3-13-4-8-16(9-5-13)26-12-17-22-23-19(27-17)21-18(24)20-14-6-10-15(25-2)11-7-14/h4-11H,3,12H2,1-2H3,(H2,20,21,23,24). The van der Waals surface area contributed by atoms with E-state index in [1.807, 2.05) is 24.3 Å². The molecule has 0 spiro atoms. The molecule has 0 saturated carbocycles. The summed E-state index contributed by atoms with van der Waals surface area (Å²) in [5.74, 6) is 1.49. The molecule has 3 rings (SSSR count). The summed E-state index contributed by atoms with van der Waals surface area (Å²) in [6.45, 7) is 2.40. The molecule has 1 aromatic heterocycles. The minimum atomic E-state index is -0.390. The van der Waals surface area contributed by atoms with Crippen LogP contribution < -0.4 is 20.1 Å². The van der Waals surface area contributed by atoms with E-state index in [-0.39, 0.29) is 6.03 Å². The van der Waals surface area contributed by atoms with E-state index in [1.165, 1.54) is 16.9 Å². The number of hydrogen-bond acceptors (Lipinski definition) is 6. The quantitative estimate of drug-likeness (QED) is 0.633. The summed E-state index contributed by atoms with van der Waals surface area (Å²) < 4.78 is 10.8. The van der Waals surface area contributed by atoms with Gasteiger partial charge in [-0.15, -0.1) is 10.2 Å². The highest BCUT2D eigenvalue weighted by Crippen LogP contribution is 2.20. The Morgan fingerprint density at radius 1 is 1.00 bits per heavy atom. The lowest BCUT2D eigenvalue weighted by molar-refractivity contribution is 0.262. The van der Waals surface area contributed by atoms with E-state index in [0.717, 1.165) is 17.9 Å². The fraction of sp³-hybridized carbons (Fsp3) is 0.211. The molecule has 2 aromatic carbocycles. The lowest BCUT2D eigenvalue weighted by atomic mass is 10.2. The van der Waals surface area contributed by atoms with Crippen molar-refractivity contribution < 1.29 is 14.3 Å². The number of nitrogens with one attached hydrogen (secondary N) is 2. The summed E-state index contributed by atoms with van der Waals surface area (Å²) in [4.78, 5) is 12.0. The van der Waals surface area contributed by atoms with Gasteiger partial charge in [0.15, 0.2) is 5.01 Å². The molecule has 0 unspecified atom stereocenters. The predicted octanol–water partition coefficient (Wildman–Crippen LogP) is 4.33. The van der Waals surface area contributed by atoms with E-state index in [0.29, 0.717) is 22.4 Å². The van der Waals surface area contributed by atoms with Crippen LogP contribution in [0.4, 0.5) is 15.6 Å². The normalized spacial score (nSPS) is 10.3. The molecule has 27 heavy (non-hydrogen) atoms. The lowest BCUT2D eigenvalue weighted by Crippen LogP contribution is -2.19. The molecule has 0 aliphatic heterocycles. The molecule has 8 heteroatoms. The third-order valence-electron chi connectivity index (χ3n) is 3.73. The van der Waals surface area contributed by atoms with Crippen molar-refractivity contribution in [3.8, 4) is 11.5 Å². The van der Waals surface area contributed by atoms with Gasteiger partial charge in [-0.1, -0.05) is 30.4 Å². The fourth-order valence-electron chi connectivity index (χ4n) is 2.26. The number of carbonyl (C=O) groups is 1. The van der Waals surface area contributed by atoms with Crippen LogP contribution in [-0.2, 0) is 13.0 Å². The summed E-state index contributed by atoms with van der Waals surface area (Å²) in [5, 5.41) is 14.5. The van der Waals surface area contributed by atoms with Crippen LogP contribution in [0.1, 0.15) is 17.5 Å². The van der Waals surface area contributed by atoms with Crippen LogP contribution in [0.3, 0.4) is 0 Å². The Bertz CT molecular complexity index is 879. The van der Waals surface area contributed by atoms with Gasteiger partial charge in [0.25, 0.3) is 0 Å². The minimum absolute atomic E-state index is 0.297. The fourth-order valence-corrected chi connectivity index (χ4v) is 2.91. The maximum Gasteiger partial charge on any atom is 0.325 e. The molecule has 0 radical (unpaired) electrons. The first kappa shape index (κ1) is 18.7. The summed E-state index contributed by atoms with van der Waals surface area (Å²) in [6, 6.07) is 14.6. The summed E-state index contributed by atoms with van der Waals surface area (Å²) in [5.41, 5.74) is 1.91. The number of nitrogens with zero attached hydrogens (tertiary/aromatic N) is 2. The molecule has 0 aliphatic carbocycles. The van der Waals surface area contributed by atoms with Crippen molar-refractivity contribution in [1.29, 1.82) is 0 Å². The van der Waals surface area contributed by atoms with Crippen molar-refractivity contribution >= 4 is 28.2 Å². The van der Waals surface area contributed by atoms with Crippen molar-refractivity contribution in [3.05, 3.63) is 59.1 Å². The molecule has 1 heterocycles. The van der Waals surface area contributed by atoms with Crippen LogP contribution in [0, 0.1) is 0 Å². The zero-order chi connectivity index (χ0) is 19.1. The number of aromatic nitrogens is 2. The number of hydrogen-bond donors (Lipinski definition) is 2. The van der Waals surface area contributed by atoms with E-state index in [4.69, 9.17) is 9.47 Å². The van der Waals surface area contributed by atoms with Crippen molar-refractivity contribution in [2.24, 2.45) is 0 Å². The molecule has 0 fully saturated rings. The molecule has 2 N–H and O–H groups in total. The van der Waals surface area contributed by atoms with Gasteiger partial charge >= 0.3 is 6.03 Å². The Morgan fingerprint density at radius 3 is 2.37 bits per heavy atom. The summed E-state index contributed by atoms with van der Waals surface area (Å²) in [6.07, 6.45) is 0.990. The average Bonchev–Trinajstić information content (AvgIpc) is 3.14. The van der Waals surface area contributed by atoms with Crippen LogP contribution >= 0.6 is 11.3 Å². The highest BCUT2D eigenvalue weighted by Gasteiger charge is 2.09. The number of benzene rings is 2. The van der Waals surface area contributed by atoms with Gasteiger partial charge in [0.1, 0.15) is 18.1 Å². The molecule has 2 amide bonds. The Labute approximate surface area is 161 Å². The largest absolute Gasteiger partial charge is 0.497 e. The third kappa shape index (κ3) is 5.42. The van der Waals surface area contributed by atoms with Gasteiger partial charge in [-0.25, -0.2) is 4.79 Å². The molecule has 0 saturated heterocycles. The van der Waals surface area contributed by atoms with Gasteiger partial charge in [-0.3, -0.25) is 5.32 Å². The van der Waals surface area contributed by atoms with Gasteiger partial charge in [0.2, 0.25) is 5.13 Å². The first-order valence-corrected chi connectivity index (χ1v) is 9.24. The number of methoxy groups -OCH3 is 1. The van der Waals surface area contributed by atoms with E-state index >= 15 is 0 Å². The molecule has 140 valence electrons. The van der Waals surface area contributed by atoms with Crippen molar-refractivity contribution in [3.63, 3.8) is 0 Å². The van der Waals surface area contributed by atoms with E-state index in [2.05, 4.69) is 27.8 Å². The molecule has 0 atom stereocenters. The van der Waals surface area contributed by atoms with Gasteiger partial charge in [-0.05, 0) is 48.4 Å². The lowest BCUT2D eigenvalue weighted by Gasteiger charge is -2.06. The maximum atomic E-state index is 12.0. The van der Waals surface area contributed by atoms with E-state index in [1.54, 1.807) is 31.4 Å². The Morgan fingerprint density at radius 2 is 1.70 bits per heavy atom. The Hall–Kier alpha value is -3.13. The minimum Gasteiger partial charge on any atom is -0.497 e. The number of amides is 2. The van der Waals surface area contributed by atoms with Crippen LogP contribution in [0.25, 0.3) is 0 Å². The molecule has 7 nitrogen and oxygen atoms in total. The second kappa shape index (κ2) is 9.00. The number of urea groups is 1. The monoisotopic (exact) mass is 384 g/mol. The second-order valence-corrected chi connectivity index (χ2v) is 6.66. The zero-order valence-corrected chi connectivity index (χ0v) is 15.9. The Kier molecular flexibility index (Phi) is 6.22. The number of ether oxygens (including phenoxy) is 2. The summed E-state index contributed by atoms with van der Waals surface area (Å²) in [7, 11) is 1.59. The molecule has 0 aliphatic rings. The number of aryl methyl sites for hydroxylation is 1. The SMILES string of the molecule is CCc1ccc(OCc2nnc(NC(=O)Nc3ccc(OC)cc3)s2)cc1. The predicted molar refractivity (Wildman–Crippen MR) is 106 cm³/mol. The highest BCUT2D eigenvalue weighted by atomic mass is 32.1. The number of anilines is 2. The molecular weight excluding hydrogens is 364 g/mol. The Balaban J connectivity index is 1.49. The molecular formula is C19H20N4O3S. The van der Waals surface area contributed by atoms with E-state index in [9.17, 15) is 4.79 Å². The average molecular weight is 384 g/mol. The smallest absolute Gasteiger partial charge is 0.325 e. The number of carbonyl (C=O) groups excluding carboxylic acids is 1. The van der Waals surface area contributed by atoms with Gasteiger partial charge in [0, 0.05) is 5.69 Å². The summed E-state index contributed by atoms with van der Waals surface area (Å²) >= 11 is 1.27. The van der Waals surface area contributed by atoms with Gasteiger partial charge in [0.05, 0.1) is 7.11 Å². The third-order valence-corrected chi connectivity index (χ3v) is 4.54. The first-order chi connectivity index (χ1) is 13.2. The van der Waals surface area contributed by atoms with Gasteiger partial charge in [-0.2, -0.15) is 0 Å². The molecule has 3 aromatic rings. The second-order valence-electron chi connectivity index (χ2n) is 5.59. The first-order valence-electron chi connectivity index (χ1n) is 8.42. The van der Waals surface area contributed by atoms with Crippen molar-refractivity contribution in [2.75, 3.05) is 17.7 Å². The number of rotatable bonds is 7. The topological polar surface area (TPSA) is 85.4 Å². The van der Waals surface area contributed by atoms with Crippen LogP contribution in [0.2, 0.25) is 0 Å². The molecule has 0 bridgehead atoms. The highest BCUT2D eigenvalue weighted by molar-refractivity contribution is 7.15.